The lowest BCUT2D eigenvalue weighted by molar-refractivity contribution is -0.143. The number of esters is 2. The summed E-state index contributed by atoms with van der Waals surface area (Å²) in [6, 6.07) is 1.63. The van der Waals surface area contributed by atoms with Gasteiger partial charge in [0.15, 0.2) is 5.82 Å². The van der Waals surface area contributed by atoms with Crippen molar-refractivity contribution in [1.29, 1.82) is 0 Å². The standard InChI is InChI=1S/C13H18ClN3O6/c1-17(20,21)9-5-6-10(14)16-12(9)15-8(13(19)23-3)4-7-11(18)22-2/h5-6,8,20H,4,7H2,1-3H3,(H,15,16)/t8-/m0/s1. The lowest BCUT2D eigenvalue weighted by atomic mass is 10.1. The fourth-order valence-electron chi connectivity index (χ4n) is 1.79. The van der Waals surface area contributed by atoms with Crippen molar-refractivity contribution in [2.45, 2.75) is 18.9 Å². The summed E-state index contributed by atoms with van der Waals surface area (Å²) in [6.07, 6.45) is -0.0111. The van der Waals surface area contributed by atoms with Gasteiger partial charge in [0.2, 0.25) is 5.69 Å². The quantitative estimate of drug-likeness (QED) is 0.329. The molecule has 1 unspecified atom stereocenters. The van der Waals surface area contributed by atoms with E-state index in [1.807, 2.05) is 0 Å². The lowest BCUT2D eigenvalue weighted by Gasteiger charge is -2.30. The van der Waals surface area contributed by atoms with Gasteiger partial charge < -0.3 is 20.0 Å². The molecule has 2 atom stereocenters. The largest absolute Gasteiger partial charge is 0.593 e. The monoisotopic (exact) mass is 347 g/mol. The van der Waals surface area contributed by atoms with Gasteiger partial charge in [0.1, 0.15) is 18.2 Å². The highest BCUT2D eigenvalue weighted by atomic mass is 35.5. The molecular formula is C13H18ClN3O6. The zero-order valence-electron chi connectivity index (χ0n) is 12.9. The van der Waals surface area contributed by atoms with Gasteiger partial charge in [-0.15, -0.1) is 0 Å². The van der Waals surface area contributed by atoms with Crippen LogP contribution in [0, 0.1) is 5.21 Å². The average molecular weight is 348 g/mol. The van der Waals surface area contributed by atoms with Crippen molar-refractivity contribution >= 4 is 35.0 Å². The Morgan fingerprint density at radius 1 is 1.43 bits per heavy atom. The number of carbonyl (C=O) groups is 2. The van der Waals surface area contributed by atoms with Crippen LogP contribution < -0.4 is 10.1 Å². The molecule has 2 N–H and O–H groups in total. The highest BCUT2D eigenvalue weighted by Crippen LogP contribution is 2.29. The summed E-state index contributed by atoms with van der Waals surface area (Å²) in [6.45, 7) is 0. The van der Waals surface area contributed by atoms with Gasteiger partial charge in [-0.25, -0.2) is 15.0 Å². The maximum absolute atomic E-state index is 11.8. The summed E-state index contributed by atoms with van der Waals surface area (Å²) in [5.74, 6) is -1.26. The summed E-state index contributed by atoms with van der Waals surface area (Å²) in [5.41, 5.74) is -0.152. The molecule has 23 heavy (non-hydrogen) atoms. The van der Waals surface area contributed by atoms with Crippen molar-refractivity contribution in [3.05, 3.63) is 22.5 Å². The van der Waals surface area contributed by atoms with Gasteiger partial charge in [-0.05, 0) is 12.5 Å². The smallest absolute Gasteiger partial charge is 0.328 e. The Kier molecular flexibility index (Phi) is 6.70. The van der Waals surface area contributed by atoms with E-state index in [1.165, 1.54) is 26.4 Å². The third kappa shape index (κ3) is 5.64. The van der Waals surface area contributed by atoms with Crippen LogP contribution in [0.15, 0.2) is 12.1 Å². The number of nitrogens with zero attached hydrogens (tertiary/aromatic N) is 2. The molecule has 9 nitrogen and oxygen atoms in total. The first-order valence-electron chi connectivity index (χ1n) is 6.57. The number of pyridine rings is 1. The van der Waals surface area contributed by atoms with Crippen LogP contribution in [0.25, 0.3) is 0 Å². The fourth-order valence-corrected chi connectivity index (χ4v) is 1.94. The molecule has 0 radical (unpaired) electrons. The summed E-state index contributed by atoms with van der Waals surface area (Å²) >= 11 is 5.78. The molecule has 0 aromatic carbocycles. The van der Waals surface area contributed by atoms with E-state index in [0.29, 0.717) is 0 Å². The third-order valence-corrected chi connectivity index (χ3v) is 3.16. The fraction of sp³-hybridized carbons (Fsp3) is 0.462. The molecule has 1 heterocycles. The molecule has 128 valence electrons. The molecule has 0 fully saturated rings. The lowest BCUT2D eigenvalue weighted by Crippen LogP contribution is -2.37. The van der Waals surface area contributed by atoms with Crippen molar-refractivity contribution in [2.24, 2.45) is 0 Å². The van der Waals surface area contributed by atoms with E-state index in [0.717, 1.165) is 7.05 Å². The number of hydrogen-bond donors (Lipinski definition) is 2. The summed E-state index contributed by atoms with van der Waals surface area (Å²) in [7, 11) is 3.38. The molecule has 0 aliphatic rings. The zero-order valence-corrected chi connectivity index (χ0v) is 13.7. The second-order valence-corrected chi connectivity index (χ2v) is 5.10. The maximum atomic E-state index is 11.8. The number of aromatic nitrogens is 1. The topological polar surface area (TPSA) is 121 Å². The molecule has 0 saturated carbocycles. The number of carbonyl (C=O) groups excluding carboxylic acids is 2. The number of nitrogens with one attached hydrogen (secondary N) is 1. The van der Waals surface area contributed by atoms with E-state index in [-0.39, 0.29) is 29.5 Å². The van der Waals surface area contributed by atoms with Crippen molar-refractivity contribution in [2.75, 3.05) is 26.6 Å². The third-order valence-electron chi connectivity index (χ3n) is 2.95. The van der Waals surface area contributed by atoms with Gasteiger partial charge in [0.25, 0.3) is 0 Å². The van der Waals surface area contributed by atoms with Crippen LogP contribution in [0.5, 0.6) is 0 Å². The van der Waals surface area contributed by atoms with Gasteiger partial charge in [0, 0.05) is 12.5 Å². The van der Waals surface area contributed by atoms with Crippen LogP contribution in [0.2, 0.25) is 5.15 Å². The van der Waals surface area contributed by atoms with Crippen LogP contribution >= 0.6 is 11.6 Å². The predicted octanol–water partition coefficient (Wildman–Crippen LogP) is 1.47. The van der Waals surface area contributed by atoms with Gasteiger partial charge in [-0.2, -0.15) is 4.81 Å². The predicted molar refractivity (Wildman–Crippen MR) is 82.8 cm³/mol. The molecule has 0 amide bonds. The maximum Gasteiger partial charge on any atom is 0.328 e. The first kappa shape index (κ1) is 19.1. The molecule has 0 aliphatic heterocycles. The van der Waals surface area contributed by atoms with Crippen LogP contribution in [-0.2, 0) is 19.1 Å². The van der Waals surface area contributed by atoms with E-state index in [2.05, 4.69) is 19.8 Å². The first-order chi connectivity index (χ1) is 10.7. The molecule has 1 aromatic heterocycles. The summed E-state index contributed by atoms with van der Waals surface area (Å²) < 4.78 is 9.16. The van der Waals surface area contributed by atoms with Gasteiger partial charge in [0.05, 0.1) is 14.2 Å². The SMILES string of the molecule is COC(=O)CC[C@H](Nc1nc(Cl)ccc1[N+](C)([O-])O)C(=O)OC. The van der Waals surface area contributed by atoms with Crippen molar-refractivity contribution in [1.82, 2.24) is 9.79 Å². The number of hydrogen-bond acceptors (Lipinski definition) is 8. The highest BCUT2D eigenvalue weighted by Gasteiger charge is 2.26. The van der Waals surface area contributed by atoms with Gasteiger partial charge >= 0.3 is 11.9 Å². The van der Waals surface area contributed by atoms with E-state index in [9.17, 15) is 20.0 Å². The minimum atomic E-state index is -1.77. The molecule has 0 aliphatic carbocycles. The van der Waals surface area contributed by atoms with Crippen LogP contribution in [0.4, 0.5) is 11.5 Å². The minimum absolute atomic E-state index is 0.0426. The molecule has 0 spiro atoms. The Bertz CT molecular complexity index is 575. The Balaban J connectivity index is 3.05. The Hall–Kier alpha value is -1.94. The van der Waals surface area contributed by atoms with Crippen molar-refractivity contribution in [3.63, 3.8) is 0 Å². The zero-order chi connectivity index (χ0) is 17.6. The molecule has 0 saturated heterocycles. The number of rotatable bonds is 7. The Morgan fingerprint density at radius 3 is 2.61 bits per heavy atom. The number of quaternary nitrogens is 1. The number of hydroxylamine groups is 2. The van der Waals surface area contributed by atoms with E-state index < -0.39 is 22.8 Å². The molecular weight excluding hydrogens is 330 g/mol. The second kappa shape index (κ2) is 8.06. The normalized spacial score (nSPS) is 14.5. The minimum Gasteiger partial charge on any atom is -0.593 e. The Morgan fingerprint density at radius 2 is 2.09 bits per heavy atom. The van der Waals surface area contributed by atoms with Crippen molar-refractivity contribution < 1.29 is 24.3 Å². The molecule has 1 rings (SSSR count). The number of anilines is 1. The average Bonchev–Trinajstić information content (AvgIpc) is 2.48. The second-order valence-electron chi connectivity index (χ2n) is 4.72. The first-order valence-corrected chi connectivity index (χ1v) is 6.95. The Labute approximate surface area is 137 Å². The van der Waals surface area contributed by atoms with Gasteiger partial charge in [-0.3, -0.25) is 4.79 Å². The molecule has 0 bridgehead atoms. The van der Waals surface area contributed by atoms with Gasteiger partial charge in [-0.1, -0.05) is 11.6 Å². The van der Waals surface area contributed by atoms with Crippen LogP contribution in [-0.4, -0.2) is 49.4 Å². The number of ether oxygens (including phenoxy) is 2. The summed E-state index contributed by atoms with van der Waals surface area (Å²) in [4.78, 5) is 25.2. The van der Waals surface area contributed by atoms with E-state index >= 15 is 0 Å². The number of halogens is 1. The highest BCUT2D eigenvalue weighted by molar-refractivity contribution is 6.29. The molecule has 10 heteroatoms. The van der Waals surface area contributed by atoms with E-state index in [1.54, 1.807) is 0 Å². The number of methoxy groups -OCH3 is 2. The van der Waals surface area contributed by atoms with Crippen molar-refractivity contribution in [3.8, 4) is 0 Å². The van der Waals surface area contributed by atoms with E-state index in [4.69, 9.17) is 11.6 Å². The summed E-state index contributed by atoms with van der Waals surface area (Å²) in [5, 5.41) is 24.1. The van der Waals surface area contributed by atoms with Crippen LogP contribution in [0.3, 0.4) is 0 Å². The molecule has 1 aromatic rings. The van der Waals surface area contributed by atoms with Crippen LogP contribution in [0.1, 0.15) is 12.8 Å².